The molecule has 6 nitrogen and oxygen atoms in total. The number of nitrogens with zero attached hydrogens (tertiary/aromatic N) is 4. The van der Waals surface area contributed by atoms with Crippen molar-refractivity contribution in [2.75, 3.05) is 5.32 Å². The van der Waals surface area contributed by atoms with E-state index < -0.39 is 0 Å². The first kappa shape index (κ1) is 12.7. The van der Waals surface area contributed by atoms with Crippen LogP contribution in [-0.4, -0.2) is 25.3 Å². The van der Waals surface area contributed by atoms with Crippen molar-refractivity contribution in [2.45, 2.75) is 13.5 Å². The van der Waals surface area contributed by atoms with E-state index in [1.165, 1.54) is 0 Å². The second-order valence-electron chi connectivity index (χ2n) is 4.20. The molecule has 0 aromatic carbocycles. The van der Waals surface area contributed by atoms with Crippen molar-refractivity contribution in [3.05, 3.63) is 47.4 Å². The Morgan fingerprint density at radius 1 is 1.30 bits per heavy atom. The van der Waals surface area contributed by atoms with Crippen molar-refractivity contribution in [2.24, 2.45) is 0 Å². The highest BCUT2D eigenvalue weighted by Crippen LogP contribution is 2.22. The van der Waals surface area contributed by atoms with Gasteiger partial charge in [0.25, 0.3) is 5.91 Å². The lowest BCUT2D eigenvalue weighted by atomic mass is 10.3. The van der Waals surface area contributed by atoms with E-state index in [2.05, 4.69) is 15.5 Å². The maximum atomic E-state index is 12.2. The van der Waals surface area contributed by atoms with Gasteiger partial charge in [-0.05, 0) is 19.1 Å². The van der Waals surface area contributed by atoms with Crippen LogP contribution in [0.5, 0.6) is 0 Å². The van der Waals surface area contributed by atoms with Gasteiger partial charge in [0.1, 0.15) is 0 Å². The SMILES string of the molecule is CCn1ccc(NC(=O)c2nn3ccccc3c2Cl)n1. The van der Waals surface area contributed by atoms with Crippen LogP contribution in [0, 0.1) is 0 Å². The predicted octanol–water partition coefficient (Wildman–Crippen LogP) is 2.46. The maximum Gasteiger partial charge on any atom is 0.278 e. The third kappa shape index (κ3) is 2.14. The molecule has 0 aliphatic rings. The van der Waals surface area contributed by atoms with E-state index in [4.69, 9.17) is 11.6 Å². The molecule has 102 valence electrons. The van der Waals surface area contributed by atoms with Crippen LogP contribution in [0.2, 0.25) is 5.02 Å². The van der Waals surface area contributed by atoms with Gasteiger partial charge in [-0.15, -0.1) is 0 Å². The molecule has 0 aliphatic carbocycles. The number of amides is 1. The number of aromatic nitrogens is 4. The molecule has 3 heterocycles. The normalized spacial score (nSPS) is 10.9. The van der Waals surface area contributed by atoms with E-state index in [0.717, 1.165) is 6.54 Å². The Balaban J connectivity index is 1.90. The van der Waals surface area contributed by atoms with E-state index in [1.54, 1.807) is 33.7 Å². The number of fused-ring (bicyclic) bond motifs is 1. The Bertz CT molecular complexity index is 776. The van der Waals surface area contributed by atoms with Crippen molar-refractivity contribution in [1.29, 1.82) is 0 Å². The van der Waals surface area contributed by atoms with Crippen LogP contribution in [-0.2, 0) is 6.54 Å². The van der Waals surface area contributed by atoms with Crippen molar-refractivity contribution < 1.29 is 4.79 Å². The van der Waals surface area contributed by atoms with Gasteiger partial charge in [-0.3, -0.25) is 9.48 Å². The summed E-state index contributed by atoms with van der Waals surface area (Å²) in [5.41, 5.74) is 0.877. The number of carbonyl (C=O) groups excluding carboxylic acids is 1. The standard InChI is InChI=1S/C13H12ClN5O/c1-2-18-8-6-10(16-18)15-13(20)12-11(14)9-5-3-4-7-19(9)17-12/h3-8H,2H2,1H3,(H,15,16,20). The highest BCUT2D eigenvalue weighted by atomic mass is 35.5. The fourth-order valence-electron chi connectivity index (χ4n) is 1.89. The number of carbonyl (C=O) groups is 1. The Morgan fingerprint density at radius 2 is 2.15 bits per heavy atom. The molecule has 3 rings (SSSR count). The molecule has 0 saturated carbocycles. The average Bonchev–Trinajstić information content (AvgIpc) is 3.04. The van der Waals surface area contributed by atoms with E-state index in [1.807, 2.05) is 19.1 Å². The molecule has 0 saturated heterocycles. The molecular formula is C13H12ClN5O. The van der Waals surface area contributed by atoms with Crippen LogP contribution in [0.25, 0.3) is 5.52 Å². The molecule has 1 amide bonds. The Morgan fingerprint density at radius 3 is 2.85 bits per heavy atom. The van der Waals surface area contributed by atoms with E-state index >= 15 is 0 Å². The summed E-state index contributed by atoms with van der Waals surface area (Å²) >= 11 is 6.18. The molecule has 0 bridgehead atoms. The number of halogens is 1. The quantitative estimate of drug-likeness (QED) is 0.805. The summed E-state index contributed by atoms with van der Waals surface area (Å²) in [4.78, 5) is 12.2. The average molecular weight is 290 g/mol. The lowest BCUT2D eigenvalue weighted by Gasteiger charge is -1.99. The summed E-state index contributed by atoms with van der Waals surface area (Å²) in [6, 6.07) is 7.19. The van der Waals surface area contributed by atoms with Crippen LogP contribution in [0.3, 0.4) is 0 Å². The summed E-state index contributed by atoms with van der Waals surface area (Å²) in [7, 11) is 0. The number of hydrogen-bond donors (Lipinski definition) is 1. The minimum Gasteiger partial charge on any atom is -0.304 e. The molecule has 3 aromatic rings. The predicted molar refractivity (Wildman–Crippen MR) is 76.1 cm³/mol. The molecule has 0 unspecified atom stereocenters. The zero-order valence-corrected chi connectivity index (χ0v) is 11.5. The minimum atomic E-state index is -0.375. The van der Waals surface area contributed by atoms with Gasteiger partial charge in [0, 0.05) is 25.0 Å². The number of rotatable bonds is 3. The van der Waals surface area contributed by atoms with Gasteiger partial charge in [-0.25, -0.2) is 4.52 Å². The number of aryl methyl sites for hydroxylation is 1. The molecule has 0 aliphatic heterocycles. The minimum absolute atomic E-state index is 0.184. The highest BCUT2D eigenvalue weighted by molar-refractivity contribution is 6.37. The molecule has 0 radical (unpaired) electrons. The highest BCUT2D eigenvalue weighted by Gasteiger charge is 2.18. The molecule has 0 fully saturated rings. The monoisotopic (exact) mass is 289 g/mol. The Kier molecular flexibility index (Phi) is 3.15. The zero-order chi connectivity index (χ0) is 14.1. The van der Waals surface area contributed by atoms with Gasteiger partial charge in [0.2, 0.25) is 0 Å². The van der Waals surface area contributed by atoms with Gasteiger partial charge in [-0.2, -0.15) is 10.2 Å². The molecule has 20 heavy (non-hydrogen) atoms. The van der Waals surface area contributed by atoms with E-state index in [0.29, 0.717) is 16.4 Å². The molecule has 1 N–H and O–H groups in total. The zero-order valence-electron chi connectivity index (χ0n) is 10.7. The van der Waals surface area contributed by atoms with Crippen LogP contribution in [0.4, 0.5) is 5.82 Å². The third-order valence-corrected chi connectivity index (χ3v) is 3.27. The number of anilines is 1. The smallest absolute Gasteiger partial charge is 0.278 e. The molecular weight excluding hydrogens is 278 g/mol. The van der Waals surface area contributed by atoms with Gasteiger partial charge in [0.15, 0.2) is 11.5 Å². The summed E-state index contributed by atoms with van der Waals surface area (Å²) < 4.78 is 3.29. The molecule has 0 atom stereocenters. The Labute approximate surface area is 120 Å². The molecule has 0 spiro atoms. The number of pyridine rings is 1. The fourth-order valence-corrected chi connectivity index (χ4v) is 2.17. The Hall–Kier alpha value is -2.34. The van der Waals surface area contributed by atoms with Crippen LogP contribution in [0.1, 0.15) is 17.4 Å². The van der Waals surface area contributed by atoms with Crippen LogP contribution < -0.4 is 5.32 Å². The van der Waals surface area contributed by atoms with E-state index in [9.17, 15) is 4.79 Å². The lowest BCUT2D eigenvalue weighted by molar-refractivity contribution is 0.102. The van der Waals surface area contributed by atoms with Crippen molar-refractivity contribution >= 4 is 28.8 Å². The summed E-state index contributed by atoms with van der Waals surface area (Å²) in [6.45, 7) is 2.71. The lowest BCUT2D eigenvalue weighted by Crippen LogP contribution is -2.14. The van der Waals surface area contributed by atoms with Gasteiger partial charge in [0.05, 0.1) is 10.5 Å². The van der Waals surface area contributed by atoms with Crippen molar-refractivity contribution in [3.8, 4) is 0 Å². The third-order valence-electron chi connectivity index (χ3n) is 2.90. The number of nitrogens with one attached hydrogen (secondary N) is 1. The number of hydrogen-bond acceptors (Lipinski definition) is 3. The van der Waals surface area contributed by atoms with Crippen molar-refractivity contribution in [3.63, 3.8) is 0 Å². The van der Waals surface area contributed by atoms with Crippen LogP contribution in [0.15, 0.2) is 36.7 Å². The summed E-state index contributed by atoms with van der Waals surface area (Å²) in [6.07, 6.45) is 3.53. The summed E-state index contributed by atoms with van der Waals surface area (Å²) in [5.74, 6) is 0.102. The van der Waals surface area contributed by atoms with Gasteiger partial charge in [-0.1, -0.05) is 17.7 Å². The first-order valence-corrected chi connectivity index (χ1v) is 6.54. The topological polar surface area (TPSA) is 64.2 Å². The second kappa shape index (κ2) is 4.97. The first-order valence-electron chi connectivity index (χ1n) is 6.16. The van der Waals surface area contributed by atoms with E-state index in [-0.39, 0.29) is 11.6 Å². The molecule has 3 aromatic heterocycles. The van der Waals surface area contributed by atoms with Gasteiger partial charge >= 0.3 is 0 Å². The summed E-state index contributed by atoms with van der Waals surface area (Å²) in [5, 5.41) is 11.4. The largest absolute Gasteiger partial charge is 0.304 e. The van der Waals surface area contributed by atoms with Crippen molar-refractivity contribution in [1.82, 2.24) is 19.4 Å². The molecule has 7 heteroatoms. The second-order valence-corrected chi connectivity index (χ2v) is 4.58. The first-order chi connectivity index (χ1) is 9.69. The fraction of sp³-hybridized carbons (Fsp3) is 0.154. The van der Waals surface area contributed by atoms with Crippen LogP contribution >= 0.6 is 11.6 Å². The maximum absolute atomic E-state index is 12.2. The van der Waals surface area contributed by atoms with Gasteiger partial charge < -0.3 is 5.32 Å².